The molecule has 0 fully saturated rings. The fraction of sp³-hybridized carbons (Fsp3) is 0.182. The monoisotopic (exact) mass is 282 g/mol. The van der Waals surface area contributed by atoms with E-state index in [1.54, 1.807) is 12.4 Å². The van der Waals surface area contributed by atoms with Crippen molar-refractivity contribution in [2.45, 2.75) is 6.54 Å². The van der Waals surface area contributed by atoms with Crippen molar-refractivity contribution in [2.24, 2.45) is 0 Å². The zero-order chi connectivity index (χ0) is 13.8. The van der Waals surface area contributed by atoms with E-state index in [0.29, 0.717) is 5.69 Å². The van der Waals surface area contributed by atoms with E-state index in [9.17, 15) is 14.0 Å². The molecule has 0 atom stereocenters. The van der Waals surface area contributed by atoms with Gasteiger partial charge in [-0.2, -0.15) is 0 Å². The Morgan fingerprint density at radius 3 is 3.00 bits per heavy atom. The van der Waals surface area contributed by atoms with Crippen LogP contribution in [0.3, 0.4) is 0 Å². The minimum atomic E-state index is -0.590. The van der Waals surface area contributed by atoms with Gasteiger partial charge in [-0.15, -0.1) is 0 Å². The highest BCUT2D eigenvalue weighted by molar-refractivity contribution is 7.07. The second-order valence-electron chi connectivity index (χ2n) is 3.66. The Hall–Kier alpha value is -2.22. The lowest BCUT2D eigenvalue weighted by Gasteiger charge is -2.08. The molecule has 2 rings (SSSR count). The molecule has 0 saturated carbocycles. The van der Waals surface area contributed by atoms with Gasteiger partial charge in [0, 0.05) is 18.1 Å². The molecular formula is C11H11FN4O2S. The van der Waals surface area contributed by atoms with Crippen LogP contribution in [-0.4, -0.2) is 22.9 Å². The average molecular weight is 282 g/mol. The predicted molar refractivity (Wildman–Crippen MR) is 69.9 cm³/mol. The van der Waals surface area contributed by atoms with Crippen LogP contribution in [0, 0.1) is 5.82 Å². The first-order chi connectivity index (χ1) is 9.10. The standard InChI is InChI=1S/C11H11FN4O2S/c1-13-9-8(2-6(12)3-14-9)10(17)15-4-7-5-19-11(18)16-7/h2-3,5H,4H2,1H3,(H,13,14)(H,15,17)(H,16,18). The number of anilines is 1. The van der Waals surface area contributed by atoms with E-state index >= 15 is 0 Å². The Morgan fingerprint density at radius 1 is 1.58 bits per heavy atom. The molecule has 2 aromatic heterocycles. The summed E-state index contributed by atoms with van der Waals surface area (Å²) in [5, 5.41) is 6.91. The van der Waals surface area contributed by atoms with E-state index in [-0.39, 0.29) is 22.8 Å². The van der Waals surface area contributed by atoms with Crippen LogP contribution in [0.25, 0.3) is 0 Å². The van der Waals surface area contributed by atoms with Crippen LogP contribution >= 0.6 is 11.3 Å². The smallest absolute Gasteiger partial charge is 0.304 e. The minimum absolute atomic E-state index is 0.111. The number of aromatic amines is 1. The number of nitrogens with one attached hydrogen (secondary N) is 3. The number of halogens is 1. The maximum absolute atomic E-state index is 13.1. The normalized spacial score (nSPS) is 10.2. The zero-order valence-corrected chi connectivity index (χ0v) is 10.8. The summed E-state index contributed by atoms with van der Waals surface area (Å²) < 4.78 is 13.1. The summed E-state index contributed by atoms with van der Waals surface area (Å²) in [5.74, 6) is -0.769. The highest BCUT2D eigenvalue weighted by Gasteiger charge is 2.13. The lowest BCUT2D eigenvalue weighted by Crippen LogP contribution is -2.24. The fourth-order valence-corrected chi connectivity index (χ4v) is 2.06. The van der Waals surface area contributed by atoms with Crippen molar-refractivity contribution in [2.75, 3.05) is 12.4 Å². The fourth-order valence-electron chi connectivity index (χ4n) is 1.48. The van der Waals surface area contributed by atoms with E-state index in [1.807, 2.05) is 0 Å². The van der Waals surface area contributed by atoms with Crippen molar-refractivity contribution in [1.29, 1.82) is 0 Å². The maximum Gasteiger partial charge on any atom is 0.304 e. The molecule has 100 valence electrons. The Labute approximate surface area is 111 Å². The SMILES string of the molecule is CNc1ncc(F)cc1C(=O)NCc1csc(=O)[nH]1. The lowest BCUT2D eigenvalue weighted by molar-refractivity contribution is 0.0950. The lowest BCUT2D eigenvalue weighted by atomic mass is 10.2. The summed E-state index contributed by atoms with van der Waals surface area (Å²) in [6.07, 6.45) is 1.03. The summed E-state index contributed by atoms with van der Waals surface area (Å²) in [4.78, 5) is 29.0. The van der Waals surface area contributed by atoms with Crippen molar-refractivity contribution >= 4 is 23.1 Å². The van der Waals surface area contributed by atoms with Gasteiger partial charge in [-0.3, -0.25) is 9.59 Å². The Balaban J connectivity index is 2.11. The van der Waals surface area contributed by atoms with Gasteiger partial charge >= 0.3 is 4.87 Å². The van der Waals surface area contributed by atoms with Gasteiger partial charge in [0.25, 0.3) is 5.91 Å². The number of pyridine rings is 1. The van der Waals surface area contributed by atoms with Gasteiger partial charge in [-0.05, 0) is 6.07 Å². The van der Waals surface area contributed by atoms with Gasteiger partial charge in [-0.25, -0.2) is 9.37 Å². The first-order valence-corrected chi connectivity index (χ1v) is 6.26. The molecule has 2 aromatic rings. The predicted octanol–water partition coefficient (Wildman–Crippen LogP) is 0.942. The molecule has 1 amide bonds. The van der Waals surface area contributed by atoms with Gasteiger partial charge in [-0.1, -0.05) is 11.3 Å². The molecule has 8 heteroatoms. The molecule has 0 bridgehead atoms. The molecule has 0 spiro atoms. The second kappa shape index (κ2) is 5.61. The number of aromatic nitrogens is 2. The van der Waals surface area contributed by atoms with E-state index in [0.717, 1.165) is 23.6 Å². The number of thiazole rings is 1. The van der Waals surface area contributed by atoms with E-state index in [4.69, 9.17) is 0 Å². The van der Waals surface area contributed by atoms with Crippen LogP contribution in [0.2, 0.25) is 0 Å². The number of nitrogens with zero attached hydrogens (tertiary/aromatic N) is 1. The van der Waals surface area contributed by atoms with Gasteiger partial charge < -0.3 is 15.6 Å². The third-order valence-corrected chi connectivity index (χ3v) is 3.06. The first kappa shape index (κ1) is 13.2. The molecule has 19 heavy (non-hydrogen) atoms. The molecule has 6 nitrogen and oxygen atoms in total. The second-order valence-corrected chi connectivity index (χ2v) is 4.50. The van der Waals surface area contributed by atoms with Gasteiger partial charge in [0.1, 0.15) is 11.6 Å². The van der Waals surface area contributed by atoms with Crippen LogP contribution < -0.4 is 15.5 Å². The summed E-state index contributed by atoms with van der Waals surface area (Å²) >= 11 is 1.01. The van der Waals surface area contributed by atoms with Crippen molar-refractivity contribution < 1.29 is 9.18 Å². The molecular weight excluding hydrogens is 271 g/mol. The molecule has 0 aliphatic rings. The molecule has 0 saturated heterocycles. The molecule has 0 radical (unpaired) electrons. The molecule has 0 aliphatic heterocycles. The van der Waals surface area contributed by atoms with Crippen LogP contribution in [0.4, 0.5) is 10.2 Å². The van der Waals surface area contributed by atoms with Crippen molar-refractivity contribution in [1.82, 2.24) is 15.3 Å². The highest BCUT2D eigenvalue weighted by atomic mass is 32.1. The van der Waals surface area contributed by atoms with Crippen LogP contribution in [0.5, 0.6) is 0 Å². The zero-order valence-electron chi connectivity index (χ0n) is 9.99. The Bertz CT molecular complexity index is 652. The topological polar surface area (TPSA) is 86.9 Å². The van der Waals surface area contributed by atoms with Gasteiger partial charge in [0.05, 0.1) is 18.3 Å². The van der Waals surface area contributed by atoms with Crippen LogP contribution in [-0.2, 0) is 6.54 Å². The van der Waals surface area contributed by atoms with E-state index in [2.05, 4.69) is 20.6 Å². The summed E-state index contributed by atoms with van der Waals surface area (Å²) in [6, 6.07) is 1.10. The number of H-pyrrole nitrogens is 1. The third kappa shape index (κ3) is 3.16. The largest absolute Gasteiger partial charge is 0.372 e. The van der Waals surface area contributed by atoms with E-state index < -0.39 is 11.7 Å². The number of carbonyl (C=O) groups is 1. The molecule has 0 aliphatic carbocycles. The number of carbonyl (C=O) groups excluding carboxylic acids is 1. The van der Waals surface area contributed by atoms with Crippen LogP contribution in [0.15, 0.2) is 22.4 Å². The molecule has 0 aromatic carbocycles. The number of hydrogen-bond donors (Lipinski definition) is 3. The maximum atomic E-state index is 13.1. The number of hydrogen-bond acceptors (Lipinski definition) is 5. The number of amides is 1. The van der Waals surface area contributed by atoms with Crippen molar-refractivity contribution in [3.63, 3.8) is 0 Å². The molecule has 3 N–H and O–H groups in total. The van der Waals surface area contributed by atoms with Crippen LogP contribution in [0.1, 0.15) is 16.1 Å². The number of rotatable bonds is 4. The minimum Gasteiger partial charge on any atom is -0.372 e. The Kier molecular flexibility index (Phi) is 3.91. The summed E-state index contributed by atoms with van der Waals surface area (Å²) in [7, 11) is 1.59. The summed E-state index contributed by atoms with van der Waals surface area (Å²) in [5.41, 5.74) is 0.707. The van der Waals surface area contributed by atoms with Gasteiger partial charge in [0.15, 0.2) is 0 Å². The van der Waals surface area contributed by atoms with E-state index in [1.165, 1.54) is 0 Å². The average Bonchev–Trinajstić information content (AvgIpc) is 2.81. The van der Waals surface area contributed by atoms with Crippen molar-refractivity contribution in [3.8, 4) is 0 Å². The first-order valence-electron chi connectivity index (χ1n) is 5.38. The molecule has 0 unspecified atom stereocenters. The quantitative estimate of drug-likeness (QED) is 0.779. The van der Waals surface area contributed by atoms with Crippen molar-refractivity contribution in [3.05, 3.63) is 44.4 Å². The summed E-state index contributed by atoms with van der Waals surface area (Å²) in [6.45, 7) is 0.164. The third-order valence-electron chi connectivity index (χ3n) is 2.35. The van der Waals surface area contributed by atoms with Gasteiger partial charge in [0.2, 0.25) is 0 Å². The highest BCUT2D eigenvalue weighted by Crippen LogP contribution is 2.12. The Morgan fingerprint density at radius 2 is 2.37 bits per heavy atom. The molecule has 2 heterocycles.